The fourth-order valence-electron chi connectivity index (χ4n) is 1.54. The van der Waals surface area contributed by atoms with Crippen molar-refractivity contribution in [2.75, 3.05) is 11.9 Å². The third-order valence-electron chi connectivity index (χ3n) is 2.48. The molecule has 1 aromatic heterocycles. The van der Waals surface area contributed by atoms with Gasteiger partial charge in [-0.25, -0.2) is 9.97 Å². The first-order valence-electron chi connectivity index (χ1n) is 6.01. The molecule has 0 aliphatic rings. The van der Waals surface area contributed by atoms with Crippen molar-refractivity contribution in [1.29, 1.82) is 0 Å². The summed E-state index contributed by atoms with van der Waals surface area (Å²) in [6.45, 7) is 5.32. The maximum atomic E-state index is 5.35. The second-order valence-electron chi connectivity index (χ2n) is 3.98. The number of ether oxygens (including phenoxy) is 1. The number of hydrogen-bond acceptors (Lipinski definition) is 4. The molecule has 0 fully saturated rings. The number of aromatic nitrogens is 2. The predicted octanol–water partition coefficient (Wildman–Crippen LogP) is 3.07. The van der Waals surface area contributed by atoms with Crippen LogP contribution in [0.2, 0.25) is 0 Å². The van der Waals surface area contributed by atoms with Gasteiger partial charge in [-0.05, 0) is 37.6 Å². The van der Waals surface area contributed by atoms with Crippen molar-refractivity contribution >= 4 is 11.6 Å². The Labute approximate surface area is 107 Å². The minimum atomic E-state index is 0.618. The average molecular weight is 243 g/mol. The van der Waals surface area contributed by atoms with Crippen LogP contribution < -0.4 is 5.32 Å². The molecule has 0 radical (unpaired) electrons. The molecule has 2 aromatic rings. The highest BCUT2D eigenvalue weighted by Crippen LogP contribution is 2.14. The third-order valence-corrected chi connectivity index (χ3v) is 2.48. The Morgan fingerprint density at radius 1 is 1.17 bits per heavy atom. The summed E-state index contributed by atoms with van der Waals surface area (Å²) < 4.78 is 5.35. The Kier molecular flexibility index (Phi) is 4.25. The molecule has 2 rings (SSSR count). The van der Waals surface area contributed by atoms with Gasteiger partial charge in [0.1, 0.15) is 0 Å². The van der Waals surface area contributed by atoms with Crippen LogP contribution in [0.5, 0.6) is 0 Å². The lowest BCUT2D eigenvalue weighted by molar-refractivity contribution is 0.134. The molecule has 94 valence electrons. The van der Waals surface area contributed by atoms with Crippen LogP contribution in [-0.2, 0) is 11.3 Å². The van der Waals surface area contributed by atoms with Crippen LogP contribution in [0.3, 0.4) is 0 Å². The molecule has 1 aromatic carbocycles. The Morgan fingerprint density at radius 2 is 1.94 bits per heavy atom. The fraction of sp³-hybridized carbons (Fsp3) is 0.286. The van der Waals surface area contributed by atoms with Gasteiger partial charge in [0, 0.05) is 24.2 Å². The van der Waals surface area contributed by atoms with Crippen molar-refractivity contribution in [3.63, 3.8) is 0 Å². The van der Waals surface area contributed by atoms with Crippen molar-refractivity contribution < 1.29 is 4.74 Å². The van der Waals surface area contributed by atoms with Crippen LogP contribution in [0.15, 0.2) is 36.5 Å². The lowest BCUT2D eigenvalue weighted by Gasteiger charge is -2.06. The van der Waals surface area contributed by atoms with Crippen molar-refractivity contribution in [2.45, 2.75) is 20.5 Å². The van der Waals surface area contributed by atoms with Crippen LogP contribution in [0.25, 0.3) is 0 Å². The molecule has 18 heavy (non-hydrogen) atoms. The smallest absolute Gasteiger partial charge is 0.227 e. The van der Waals surface area contributed by atoms with Gasteiger partial charge in [0.25, 0.3) is 0 Å². The van der Waals surface area contributed by atoms with Gasteiger partial charge in [0.15, 0.2) is 0 Å². The molecular weight excluding hydrogens is 226 g/mol. The number of benzene rings is 1. The first-order valence-corrected chi connectivity index (χ1v) is 6.01. The van der Waals surface area contributed by atoms with E-state index in [2.05, 4.69) is 15.3 Å². The predicted molar refractivity (Wildman–Crippen MR) is 71.8 cm³/mol. The molecule has 0 aliphatic carbocycles. The van der Waals surface area contributed by atoms with Gasteiger partial charge in [0.2, 0.25) is 5.95 Å². The summed E-state index contributed by atoms with van der Waals surface area (Å²) >= 11 is 0. The van der Waals surface area contributed by atoms with Crippen molar-refractivity contribution in [1.82, 2.24) is 9.97 Å². The second-order valence-corrected chi connectivity index (χ2v) is 3.98. The summed E-state index contributed by atoms with van der Waals surface area (Å²) in [6.07, 6.45) is 1.74. The van der Waals surface area contributed by atoms with E-state index >= 15 is 0 Å². The lowest BCUT2D eigenvalue weighted by atomic mass is 10.2. The van der Waals surface area contributed by atoms with Gasteiger partial charge in [-0.15, -0.1) is 0 Å². The van der Waals surface area contributed by atoms with Crippen LogP contribution in [-0.4, -0.2) is 16.6 Å². The van der Waals surface area contributed by atoms with Crippen molar-refractivity contribution in [3.05, 3.63) is 47.8 Å². The number of aryl methyl sites for hydroxylation is 1. The van der Waals surface area contributed by atoms with Gasteiger partial charge in [-0.2, -0.15) is 0 Å². The monoisotopic (exact) mass is 243 g/mol. The SMILES string of the molecule is CCOCc1ccc(Nc2nccc(C)n2)cc1. The van der Waals surface area contributed by atoms with Gasteiger partial charge >= 0.3 is 0 Å². The molecular formula is C14H17N3O. The van der Waals surface area contributed by atoms with E-state index in [0.717, 1.165) is 23.6 Å². The standard InChI is InChI=1S/C14H17N3O/c1-3-18-10-12-4-6-13(7-5-12)17-14-15-9-8-11(2)16-14/h4-9H,3,10H2,1-2H3,(H,15,16,17). The molecule has 0 bridgehead atoms. The zero-order valence-corrected chi connectivity index (χ0v) is 10.7. The fourth-order valence-corrected chi connectivity index (χ4v) is 1.54. The average Bonchev–Trinajstić information content (AvgIpc) is 2.38. The van der Waals surface area contributed by atoms with Crippen LogP contribution >= 0.6 is 0 Å². The molecule has 4 nitrogen and oxygen atoms in total. The van der Waals surface area contributed by atoms with E-state index in [-0.39, 0.29) is 0 Å². The van der Waals surface area contributed by atoms with E-state index in [1.165, 1.54) is 0 Å². The summed E-state index contributed by atoms with van der Waals surface area (Å²) in [7, 11) is 0. The molecule has 0 saturated heterocycles. The maximum Gasteiger partial charge on any atom is 0.227 e. The van der Waals surface area contributed by atoms with E-state index < -0.39 is 0 Å². The normalized spacial score (nSPS) is 10.3. The number of nitrogens with one attached hydrogen (secondary N) is 1. The summed E-state index contributed by atoms with van der Waals surface area (Å²) in [5, 5.41) is 3.17. The maximum absolute atomic E-state index is 5.35. The molecule has 1 N–H and O–H groups in total. The highest BCUT2D eigenvalue weighted by atomic mass is 16.5. The molecule has 0 amide bonds. The molecule has 4 heteroatoms. The lowest BCUT2D eigenvalue weighted by Crippen LogP contribution is -1.98. The minimum absolute atomic E-state index is 0.618. The Morgan fingerprint density at radius 3 is 2.61 bits per heavy atom. The zero-order valence-electron chi connectivity index (χ0n) is 10.7. The van der Waals surface area contributed by atoms with Crippen LogP contribution in [0.1, 0.15) is 18.2 Å². The van der Waals surface area contributed by atoms with Crippen molar-refractivity contribution in [2.24, 2.45) is 0 Å². The molecule has 0 atom stereocenters. The first-order chi connectivity index (χ1) is 8.78. The van der Waals surface area contributed by atoms with E-state index in [1.807, 2.05) is 44.2 Å². The molecule has 0 unspecified atom stereocenters. The number of nitrogens with zero attached hydrogens (tertiary/aromatic N) is 2. The first kappa shape index (κ1) is 12.5. The van der Waals surface area contributed by atoms with Gasteiger partial charge in [-0.3, -0.25) is 0 Å². The van der Waals surface area contributed by atoms with Crippen LogP contribution in [0, 0.1) is 6.92 Å². The number of hydrogen-bond donors (Lipinski definition) is 1. The van der Waals surface area contributed by atoms with E-state index in [9.17, 15) is 0 Å². The van der Waals surface area contributed by atoms with Gasteiger partial charge in [0.05, 0.1) is 6.61 Å². The summed E-state index contributed by atoms with van der Waals surface area (Å²) in [5.41, 5.74) is 3.08. The molecule has 0 saturated carbocycles. The zero-order chi connectivity index (χ0) is 12.8. The van der Waals surface area contributed by atoms with E-state index in [0.29, 0.717) is 12.6 Å². The summed E-state index contributed by atoms with van der Waals surface area (Å²) in [4.78, 5) is 8.45. The van der Waals surface area contributed by atoms with E-state index in [4.69, 9.17) is 4.74 Å². The molecule has 0 spiro atoms. The number of anilines is 2. The Hall–Kier alpha value is -1.94. The molecule has 0 aliphatic heterocycles. The summed E-state index contributed by atoms with van der Waals surface area (Å²) in [6, 6.07) is 9.94. The largest absolute Gasteiger partial charge is 0.377 e. The highest BCUT2D eigenvalue weighted by Gasteiger charge is 1.98. The third kappa shape index (κ3) is 3.53. The van der Waals surface area contributed by atoms with Crippen molar-refractivity contribution in [3.8, 4) is 0 Å². The topological polar surface area (TPSA) is 47.0 Å². The van der Waals surface area contributed by atoms with Gasteiger partial charge < -0.3 is 10.1 Å². The Bertz CT molecular complexity index is 497. The quantitative estimate of drug-likeness (QED) is 0.876. The molecule has 1 heterocycles. The highest BCUT2D eigenvalue weighted by molar-refractivity contribution is 5.53. The van der Waals surface area contributed by atoms with Gasteiger partial charge in [-0.1, -0.05) is 12.1 Å². The summed E-state index contributed by atoms with van der Waals surface area (Å²) in [5.74, 6) is 0.618. The van der Waals surface area contributed by atoms with E-state index in [1.54, 1.807) is 6.20 Å². The number of rotatable bonds is 5. The van der Waals surface area contributed by atoms with Crippen LogP contribution in [0.4, 0.5) is 11.6 Å². The second kappa shape index (κ2) is 6.12. The minimum Gasteiger partial charge on any atom is -0.377 e. The Balaban J connectivity index is 2.02.